The quantitative estimate of drug-likeness (QED) is 0.898. The number of nitrogens with zero attached hydrogens (tertiary/aromatic N) is 2. The highest BCUT2D eigenvalue weighted by atomic mass is 16.5. The molecule has 1 aromatic heterocycles. The van der Waals surface area contributed by atoms with E-state index < -0.39 is 5.97 Å². The van der Waals surface area contributed by atoms with Crippen LogP contribution in [0.2, 0.25) is 0 Å². The first-order chi connectivity index (χ1) is 8.58. The lowest BCUT2D eigenvalue weighted by molar-refractivity contribution is 0.0694. The molecule has 0 saturated heterocycles. The maximum Gasteiger partial charge on any atom is 0.339 e. The van der Waals surface area contributed by atoms with Crippen LogP contribution in [0.3, 0.4) is 0 Å². The van der Waals surface area contributed by atoms with E-state index in [-0.39, 0.29) is 11.4 Å². The number of hydrogen-bond acceptors (Lipinski definition) is 4. The summed E-state index contributed by atoms with van der Waals surface area (Å²) in [5, 5.41) is 16.8. The second-order valence-electron chi connectivity index (χ2n) is 3.87. The average molecular weight is 244 g/mol. The van der Waals surface area contributed by atoms with Crippen LogP contribution in [0.1, 0.15) is 21.6 Å². The molecule has 1 heterocycles. The average Bonchev–Trinajstić information content (AvgIpc) is 2.34. The number of aryl methyl sites for hydroxylation is 2. The summed E-state index contributed by atoms with van der Waals surface area (Å²) in [5.74, 6) is -0.464. The van der Waals surface area contributed by atoms with Crippen molar-refractivity contribution in [2.45, 2.75) is 13.8 Å². The molecule has 0 amide bonds. The fourth-order valence-corrected chi connectivity index (χ4v) is 1.50. The Balaban J connectivity index is 2.39. The van der Waals surface area contributed by atoms with Crippen LogP contribution in [0.15, 0.2) is 30.3 Å². The molecule has 0 radical (unpaired) electrons. The monoisotopic (exact) mass is 244 g/mol. The van der Waals surface area contributed by atoms with E-state index >= 15 is 0 Å². The lowest BCUT2D eigenvalue weighted by Crippen LogP contribution is -2.02. The molecule has 18 heavy (non-hydrogen) atoms. The van der Waals surface area contributed by atoms with Crippen LogP contribution in [-0.4, -0.2) is 21.3 Å². The van der Waals surface area contributed by atoms with Gasteiger partial charge in [-0.1, -0.05) is 12.1 Å². The third-order valence-electron chi connectivity index (χ3n) is 2.42. The zero-order valence-electron chi connectivity index (χ0n) is 10.0. The fourth-order valence-electron chi connectivity index (χ4n) is 1.50. The Morgan fingerprint density at radius 3 is 2.56 bits per heavy atom. The van der Waals surface area contributed by atoms with Crippen molar-refractivity contribution >= 4 is 5.97 Å². The molecule has 0 fully saturated rings. The van der Waals surface area contributed by atoms with Gasteiger partial charge in [0.2, 0.25) is 5.88 Å². The van der Waals surface area contributed by atoms with Gasteiger partial charge in [-0.15, -0.1) is 5.10 Å². The molecule has 1 aromatic carbocycles. The molecule has 0 atom stereocenters. The van der Waals surface area contributed by atoms with Crippen LogP contribution < -0.4 is 4.74 Å². The Morgan fingerprint density at radius 2 is 1.94 bits per heavy atom. The van der Waals surface area contributed by atoms with Gasteiger partial charge in [-0.25, -0.2) is 4.79 Å². The van der Waals surface area contributed by atoms with Gasteiger partial charge >= 0.3 is 5.97 Å². The van der Waals surface area contributed by atoms with Crippen molar-refractivity contribution in [3.63, 3.8) is 0 Å². The number of rotatable bonds is 3. The smallest absolute Gasteiger partial charge is 0.339 e. The zero-order valence-corrected chi connectivity index (χ0v) is 10.0. The molecule has 2 aromatic rings. The number of carbonyl (C=O) groups is 1. The summed E-state index contributed by atoms with van der Waals surface area (Å²) < 4.78 is 5.50. The molecule has 5 nitrogen and oxygen atoms in total. The molecule has 0 bridgehead atoms. The fraction of sp³-hybridized carbons (Fsp3) is 0.154. The number of aromatic carboxylic acids is 1. The first kappa shape index (κ1) is 12.0. The maximum absolute atomic E-state index is 11.1. The molecule has 2 rings (SSSR count). The summed E-state index contributed by atoms with van der Waals surface area (Å²) in [6.07, 6.45) is 0. The molecule has 5 heteroatoms. The second kappa shape index (κ2) is 4.83. The lowest BCUT2D eigenvalue weighted by Gasteiger charge is -2.10. The van der Waals surface area contributed by atoms with Crippen molar-refractivity contribution in [2.24, 2.45) is 0 Å². The Bertz CT molecular complexity index is 579. The van der Waals surface area contributed by atoms with Crippen molar-refractivity contribution in [3.05, 3.63) is 47.2 Å². The highest BCUT2D eigenvalue weighted by molar-refractivity contribution is 5.91. The maximum atomic E-state index is 11.1. The van der Waals surface area contributed by atoms with Crippen molar-refractivity contribution in [1.29, 1.82) is 0 Å². The summed E-state index contributed by atoms with van der Waals surface area (Å²) in [6.45, 7) is 3.59. The highest BCUT2D eigenvalue weighted by Crippen LogP contribution is 2.27. The molecule has 0 saturated carbocycles. The number of ether oxygens (including phenoxy) is 1. The van der Waals surface area contributed by atoms with Crippen LogP contribution in [0, 0.1) is 13.8 Å². The van der Waals surface area contributed by atoms with Crippen LogP contribution in [0.25, 0.3) is 0 Å². The number of benzene rings is 1. The van der Waals surface area contributed by atoms with Gasteiger partial charge < -0.3 is 9.84 Å². The minimum Gasteiger partial charge on any atom is -0.478 e. The van der Waals surface area contributed by atoms with Crippen LogP contribution in [0.5, 0.6) is 11.6 Å². The summed E-state index contributed by atoms with van der Waals surface area (Å²) in [5.41, 5.74) is 1.61. The van der Waals surface area contributed by atoms with E-state index in [1.807, 2.05) is 6.92 Å². The normalized spacial score (nSPS) is 10.1. The Morgan fingerprint density at radius 1 is 1.17 bits per heavy atom. The summed E-state index contributed by atoms with van der Waals surface area (Å²) in [6, 6.07) is 8.35. The molecule has 0 aliphatic rings. The predicted octanol–water partition coefficient (Wildman–Crippen LogP) is 2.58. The summed E-state index contributed by atoms with van der Waals surface area (Å²) in [4.78, 5) is 11.1. The summed E-state index contributed by atoms with van der Waals surface area (Å²) >= 11 is 0. The topological polar surface area (TPSA) is 72.3 Å². The van der Waals surface area contributed by atoms with Gasteiger partial charge in [0, 0.05) is 6.07 Å². The van der Waals surface area contributed by atoms with Gasteiger partial charge in [-0.3, -0.25) is 0 Å². The van der Waals surface area contributed by atoms with Crippen molar-refractivity contribution in [3.8, 4) is 11.6 Å². The Kier molecular flexibility index (Phi) is 3.23. The van der Waals surface area contributed by atoms with Crippen LogP contribution >= 0.6 is 0 Å². The van der Waals surface area contributed by atoms with E-state index in [1.54, 1.807) is 31.2 Å². The number of carboxylic acid groups (broad SMARTS) is 1. The van der Waals surface area contributed by atoms with Gasteiger partial charge in [-0.2, -0.15) is 5.10 Å². The SMILES string of the molecule is Cc1ccc(Oc2c(C)cccc2C(=O)O)nn1. The van der Waals surface area contributed by atoms with Crippen LogP contribution in [-0.2, 0) is 0 Å². The molecule has 0 spiro atoms. The molecular weight excluding hydrogens is 232 g/mol. The Hall–Kier alpha value is -2.43. The molecule has 0 unspecified atom stereocenters. The molecule has 92 valence electrons. The number of hydrogen-bond donors (Lipinski definition) is 1. The van der Waals surface area contributed by atoms with Gasteiger partial charge in [0.1, 0.15) is 11.3 Å². The van der Waals surface area contributed by atoms with Crippen molar-refractivity contribution in [1.82, 2.24) is 10.2 Å². The number of para-hydroxylation sites is 1. The third-order valence-corrected chi connectivity index (χ3v) is 2.42. The van der Waals surface area contributed by atoms with E-state index in [1.165, 1.54) is 6.07 Å². The second-order valence-corrected chi connectivity index (χ2v) is 3.87. The standard InChI is InChI=1S/C13H12N2O3/c1-8-4-3-5-10(13(16)17)12(8)18-11-7-6-9(2)14-15-11/h3-7H,1-2H3,(H,16,17). The first-order valence-corrected chi connectivity index (χ1v) is 5.39. The van der Waals surface area contributed by atoms with E-state index in [2.05, 4.69) is 10.2 Å². The predicted molar refractivity (Wildman–Crippen MR) is 65.0 cm³/mol. The van der Waals surface area contributed by atoms with Crippen molar-refractivity contribution in [2.75, 3.05) is 0 Å². The molecular formula is C13H12N2O3. The van der Waals surface area contributed by atoms with Gasteiger partial charge in [0.25, 0.3) is 0 Å². The van der Waals surface area contributed by atoms with E-state index in [0.29, 0.717) is 5.75 Å². The molecule has 0 aliphatic carbocycles. The van der Waals surface area contributed by atoms with Crippen molar-refractivity contribution < 1.29 is 14.6 Å². The molecule has 0 aliphatic heterocycles. The van der Waals surface area contributed by atoms with E-state index in [4.69, 9.17) is 9.84 Å². The first-order valence-electron chi connectivity index (χ1n) is 5.39. The number of carboxylic acids is 1. The minimum absolute atomic E-state index is 0.109. The zero-order chi connectivity index (χ0) is 13.1. The summed E-state index contributed by atoms with van der Waals surface area (Å²) in [7, 11) is 0. The van der Waals surface area contributed by atoms with Gasteiger partial charge in [-0.05, 0) is 31.5 Å². The largest absolute Gasteiger partial charge is 0.478 e. The minimum atomic E-state index is -1.03. The van der Waals surface area contributed by atoms with E-state index in [9.17, 15) is 4.79 Å². The third kappa shape index (κ3) is 2.45. The van der Waals surface area contributed by atoms with E-state index in [0.717, 1.165) is 11.3 Å². The van der Waals surface area contributed by atoms with Crippen LogP contribution in [0.4, 0.5) is 0 Å². The Labute approximate surface area is 104 Å². The highest BCUT2D eigenvalue weighted by Gasteiger charge is 2.14. The van der Waals surface area contributed by atoms with Gasteiger partial charge in [0.15, 0.2) is 0 Å². The number of aromatic nitrogens is 2. The van der Waals surface area contributed by atoms with Gasteiger partial charge in [0.05, 0.1) is 5.69 Å². The molecule has 1 N–H and O–H groups in total. The lowest BCUT2D eigenvalue weighted by atomic mass is 10.1.